The largest absolute Gasteiger partial charge is 0.490 e. The summed E-state index contributed by atoms with van der Waals surface area (Å²) in [6.45, 7) is 12.2. The van der Waals surface area contributed by atoms with E-state index in [2.05, 4.69) is 38.5 Å². The number of hydrogen-bond acceptors (Lipinski definition) is 6. The molecule has 39 heavy (non-hydrogen) atoms. The number of allylic oxidation sites excluding steroid dienone is 4. The van der Waals surface area contributed by atoms with Crippen LogP contribution in [0.25, 0.3) is 0 Å². The molecule has 6 nitrogen and oxygen atoms in total. The van der Waals surface area contributed by atoms with Crippen LogP contribution >= 0.6 is 11.6 Å². The van der Waals surface area contributed by atoms with Crippen LogP contribution in [0.4, 0.5) is 0 Å². The molecule has 0 saturated heterocycles. The number of carbonyl (C=O) groups excluding carboxylic acids is 2. The van der Waals surface area contributed by atoms with Crippen molar-refractivity contribution < 1.29 is 23.8 Å². The monoisotopic (exact) mass is 553 g/mol. The lowest BCUT2D eigenvalue weighted by Gasteiger charge is -2.49. The molecular formula is C32H40ClNO5. The Labute approximate surface area is 237 Å². The van der Waals surface area contributed by atoms with Crippen molar-refractivity contribution in [1.29, 1.82) is 0 Å². The van der Waals surface area contributed by atoms with Crippen molar-refractivity contribution in [2.75, 3.05) is 33.5 Å². The van der Waals surface area contributed by atoms with Gasteiger partial charge in [-0.2, -0.15) is 0 Å². The highest BCUT2D eigenvalue weighted by atomic mass is 35.5. The van der Waals surface area contributed by atoms with E-state index in [1.165, 1.54) is 0 Å². The maximum absolute atomic E-state index is 14.0. The molecule has 3 aliphatic rings. The van der Waals surface area contributed by atoms with E-state index in [1.54, 1.807) is 13.2 Å². The van der Waals surface area contributed by atoms with Gasteiger partial charge in [0.1, 0.15) is 6.61 Å². The highest BCUT2D eigenvalue weighted by Crippen LogP contribution is 2.55. The Hall–Kier alpha value is -2.75. The van der Waals surface area contributed by atoms with Crippen molar-refractivity contribution in [1.82, 2.24) is 4.90 Å². The summed E-state index contributed by atoms with van der Waals surface area (Å²) in [5.41, 5.74) is 3.82. The van der Waals surface area contributed by atoms with Crippen LogP contribution in [0.1, 0.15) is 78.2 Å². The molecule has 4 rings (SSSR count). The number of nitrogens with zero attached hydrogens (tertiary/aromatic N) is 1. The minimum absolute atomic E-state index is 0.0464. The van der Waals surface area contributed by atoms with Crippen LogP contribution in [0, 0.1) is 23.2 Å². The standard InChI is InChI=1S/C32H40ClNO5/c1-8-12-39-30-21(33)14-20(15-26(30)38-9-2)27-28-22(16-31(3,4)18-24(28)35)34(11-10-13-37-7)23-17-32(5,6)19-25(36)29(23)27/h1,14-15,27H,9-13,16-19H2,2-7H3. The SMILES string of the molecule is C#CCOc1c(Cl)cc(C2C3=C(CC(C)(C)CC3=O)N(CCCOC)C3=C2C(=O)CC(C)(C)C3)cc1OCC. The summed E-state index contributed by atoms with van der Waals surface area (Å²) < 4.78 is 17.0. The molecule has 0 radical (unpaired) electrons. The van der Waals surface area contributed by atoms with Crippen LogP contribution < -0.4 is 9.47 Å². The van der Waals surface area contributed by atoms with Gasteiger partial charge in [-0.1, -0.05) is 45.2 Å². The van der Waals surface area contributed by atoms with Gasteiger partial charge in [-0.25, -0.2) is 0 Å². The van der Waals surface area contributed by atoms with Gasteiger partial charge in [-0.15, -0.1) is 6.42 Å². The van der Waals surface area contributed by atoms with Crippen LogP contribution in [0.5, 0.6) is 11.5 Å². The smallest absolute Gasteiger partial charge is 0.181 e. The fourth-order valence-electron chi connectivity index (χ4n) is 6.29. The third-order valence-corrected chi connectivity index (χ3v) is 8.00. The lowest BCUT2D eigenvalue weighted by molar-refractivity contribution is -0.119. The van der Waals surface area contributed by atoms with E-state index in [0.29, 0.717) is 60.3 Å². The van der Waals surface area contributed by atoms with Crippen molar-refractivity contribution >= 4 is 23.2 Å². The van der Waals surface area contributed by atoms with E-state index in [4.69, 9.17) is 32.2 Å². The highest BCUT2D eigenvalue weighted by molar-refractivity contribution is 6.32. The van der Waals surface area contributed by atoms with Gasteiger partial charge in [0.2, 0.25) is 0 Å². The summed E-state index contributed by atoms with van der Waals surface area (Å²) in [6, 6.07) is 3.66. The van der Waals surface area contributed by atoms with Crippen LogP contribution in [0.3, 0.4) is 0 Å². The predicted octanol–water partition coefficient (Wildman–Crippen LogP) is 6.47. The number of benzene rings is 1. The fourth-order valence-corrected chi connectivity index (χ4v) is 6.56. The molecule has 0 N–H and O–H groups in total. The number of ketones is 2. The van der Waals surface area contributed by atoms with Gasteiger partial charge < -0.3 is 19.1 Å². The van der Waals surface area contributed by atoms with Crippen LogP contribution in [0.2, 0.25) is 5.02 Å². The molecule has 0 bridgehead atoms. The van der Waals surface area contributed by atoms with E-state index in [1.807, 2.05) is 13.0 Å². The maximum Gasteiger partial charge on any atom is 0.181 e. The first-order chi connectivity index (χ1) is 18.4. The van der Waals surface area contributed by atoms with Crippen molar-refractivity contribution in [3.63, 3.8) is 0 Å². The Kier molecular flexibility index (Phi) is 8.54. The van der Waals surface area contributed by atoms with Gasteiger partial charge in [0.05, 0.1) is 11.6 Å². The van der Waals surface area contributed by atoms with Crippen LogP contribution in [0.15, 0.2) is 34.7 Å². The first-order valence-electron chi connectivity index (χ1n) is 13.7. The second-order valence-corrected chi connectivity index (χ2v) is 12.7. The molecule has 7 heteroatoms. The zero-order valence-corrected chi connectivity index (χ0v) is 24.8. The number of hydrogen-bond donors (Lipinski definition) is 0. The molecule has 1 heterocycles. The fraction of sp³-hybridized carbons (Fsp3) is 0.562. The van der Waals surface area contributed by atoms with E-state index < -0.39 is 5.92 Å². The average molecular weight is 554 g/mol. The van der Waals surface area contributed by atoms with E-state index in [-0.39, 0.29) is 29.0 Å². The lowest BCUT2D eigenvalue weighted by Crippen LogP contribution is -2.44. The van der Waals surface area contributed by atoms with Gasteiger partial charge in [-0.05, 0) is 54.7 Å². The van der Waals surface area contributed by atoms with Crippen LogP contribution in [-0.2, 0) is 14.3 Å². The zero-order chi connectivity index (χ0) is 28.5. The van der Waals surface area contributed by atoms with Gasteiger partial charge in [0, 0.05) is 61.6 Å². The first-order valence-corrected chi connectivity index (χ1v) is 14.1. The number of terminal acetylenes is 1. The average Bonchev–Trinajstić information content (AvgIpc) is 2.82. The molecule has 2 aliphatic carbocycles. The third kappa shape index (κ3) is 5.90. The summed E-state index contributed by atoms with van der Waals surface area (Å²) >= 11 is 6.75. The van der Waals surface area contributed by atoms with Crippen molar-refractivity contribution in [2.24, 2.45) is 10.8 Å². The Morgan fingerprint density at radius 1 is 1.00 bits per heavy atom. The minimum Gasteiger partial charge on any atom is -0.490 e. The molecule has 0 fully saturated rings. The number of rotatable bonds is 9. The number of Topliss-reactive ketones (excluding diaryl/α,β-unsaturated/α-hetero) is 2. The normalized spacial score (nSPS) is 20.5. The Morgan fingerprint density at radius 3 is 2.10 bits per heavy atom. The predicted molar refractivity (Wildman–Crippen MR) is 153 cm³/mol. The third-order valence-electron chi connectivity index (χ3n) is 7.72. The van der Waals surface area contributed by atoms with Gasteiger partial charge in [0.15, 0.2) is 23.1 Å². The summed E-state index contributed by atoms with van der Waals surface area (Å²) in [5.74, 6) is 2.92. The van der Waals surface area contributed by atoms with Crippen molar-refractivity contribution in [3.05, 3.63) is 45.3 Å². The quantitative estimate of drug-likeness (QED) is 0.258. The summed E-state index contributed by atoms with van der Waals surface area (Å²) in [5, 5.41) is 0.338. The maximum atomic E-state index is 14.0. The topological polar surface area (TPSA) is 65.1 Å². The molecule has 210 valence electrons. The molecule has 0 spiro atoms. The van der Waals surface area contributed by atoms with E-state index >= 15 is 0 Å². The Balaban J connectivity index is 1.97. The summed E-state index contributed by atoms with van der Waals surface area (Å²) in [6.07, 6.45) is 8.55. The molecule has 0 atom stereocenters. The molecular weight excluding hydrogens is 514 g/mol. The highest BCUT2D eigenvalue weighted by Gasteiger charge is 2.49. The first kappa shape index (κ1) is 29.2. The lowest BCUT2D eigenvalue weighted by atomic mass is 9.63. The molecule has 0 amide bonds. The molecule has 1 aromatic carbocycles. The minimum atomic E-state index is -0.515. The van der Waals surface area contributed by atoms with Crippen molar-refractivity contribution in [3.8, 4) is 23.8 Å². The number of ether oxygens (including phenoxy) is 3. The van der Waals surface area contributed by atoms with Gasteiger partial charge in [-0.3, -0.25) is 9.59 Å². The van der Waals surface area contributed by atoms with Crippen molar-refractivity contribution in [2.45, 2.75) is 72.6 Å². The number of carbonyl (C=O) groups is 2. The van der Waals surface area contributed by atoms with E-state index in [0.717, 1.165) is 36.2 Å². The molecule has 0 saturated carbocycles. The molecule has 1 aromatic rings. The molecule has 0 aromatic heterocycles. The van der Waals surface area contributed by atoms with Gasteiger partial charge in [0.25, 0.3) is 0 Å². The summed E-state index contributed by atoms with van der Waals surface area (Å²) in [4.78, 5) is 30.2. The van der Waals surface area contributed by atoms with Gasteiger partial charge >= 0.3 is 0 Å². The number of halogens is 1. The Morgan fingerprint density at radius 2 is 1.59 bits per heavy atom. The molecule has 1 aliphatic heterocycles. The van der Waals surface area contributed by atoms with E-state index in [9.17, 15) is 9.59 Å². The Bertz CT molecular complexity index is 1210. The second kappa shape index (κ2) is 11.4. The number of methoxy groups -OCH3 is 1. The zero-order valence-electron chi connectivity index (χ0n) is 24.0. The second-order valence-electron chi connectivity index (χ2n) is 12.3. The van der Waals surface area contributed by atoms with Crippen LogP contribution in [-0.4, -0.2) is 49.9 Å². The summed E-state index contributed by atoms with van der Waals surface area (Å²) in [7, 11) is 1.69. The molecule has 0 unspecified atom stereocenters.